The first-order valence-electron chi connectivity index (χ1n) is 13.1. The summed E-state index contributed by atoms with van der Waals surface area (Å²) in [5.74, 6) is 0.515. The average molecular weight is 543 g/mol. The van der Waals surface area contributed by atoms with Crippen LogP contribution in [0.4, 0.5) is 11.4 Å². The number of fused-ring (bicyclic) bond motifs is 1. The minimum atomic E-state index is 0.0843. The van der Waals surface area contributed by atoms with E-state index in [1.54, 1.807) is 25.3 Å². The van der Waals surface area contributed by atoms with Gasteiger partial charge in [-0.15, -0.1) is 0 Å². The zero-order valence-electron chi connectivity index (χ0n) is 21.9. The van der Waals surface area contributed by atoms with Crippen molar-refractivity contribution in [3.8, 4) is 23.0 Å². The Hall–Kier alpha value is -3.89. The zero-order valence-corrected chi connectivity index (χ0v) is 22.8. The van der Waals surface area contributed by atoms with Crippen molar-refractivity contribution in [2.75, 3.05) is 32.6 Å². The zero-order chi connectivity index (χ0) is 26.8. The molecule has 1 aliphatic heterocycles. The van der Waals surface area contributed by atoms with Crippen molar-refractivity contribution in [3.05, 3.63) is 60.4 Å². The molecule has 39 heavy (non-hydrogen) atoms. The molecule has 0 unspecified atom stereocenters. The third-order valence-electron chi connectivity index (χ3n) is 6.94. The Kier molecular flexibility index (Phi) is 7.21. The Labute approximate surface area is 231 Å². The number of carbonyl (C=O) groups is 1. The smallest absolute Gasteiger partial charge is 0.319 e. The molecule has 2 aliphatic rings. The molecule has 1 aliphatic carbocycles. The van der Waals surface area contributed by atoms with E-state index in [0.29, 0.717) is 17.5 Å². The number of hydrogen-bond acceptors (Lipinski definition) is 9. The number of benzene rings is 2. The van der Waals surface area contributed by atoms with Crippen LogP contribution in [0.2, 0.25) is 0 Å². The number of hydrogen-bond donors (Lipinski definition) is 2. The fourth-order valence-electron chi connectivity index (χ4n) is 4.68. The van der Waals surface area contributed by atoms with E-state index < -0.39 is 0 Å². The number of aromatic nitrogens is 3. The van der Waals surface area contributed by atoms with Crippen molar-refractivity contribution >= 4 is 40.1 Å². The molecule has 0 atom stereocenters. The molecule has 2 aromatic carbocycles. The van der Waals surface area contributed by atoms with Crippen molar-refractivity contribution in [1.82, 2.24) is 24.6 Å². The molecule has 2 fully saturated rings. The molecule has 2 N–H and O–H groups in total. The van der Waals surface area contributed by atoms with E-state index in [1.165, 1.54) is 20.0 Å². The van der Waals surface area contributed by atoms with E-state index in [-0.39, 0.29) is 11.9 Å². The number of likely N-dealkylation sites (tertiary alicyclic amines) is 1. The Bertz CT molecular complexity index is 1520. The standard InChI is InChI=1S/C29H30N6O3S/c1-37-27-23(16-31-29(33-27)38-2)18-8-11-22-24(15-18)30-17-25(39-34-20-9-10-20)26(22)32-21-7-5-6-19(14-21)28(36)35-12-3-4-13-35/h5-8,11,14-17,20,34H,3-4,9-10,12-13H2,1-2H3,(H,30,32). The maximum Gasteiger partial charge on any atom is 0.319 e. The first-order chi connectivity index (χ1) is 19.1. The number of amides is 1. The molecule has 1 amide bonds. The van der Waals surface area contributed by atoms with Crippen LogP contribution < -0.4 is 19.5 Å². The second kappa shape index (κ2) is 11.1. The second-order valence-electron chi connectivity index (χ2n) is 9.71. The normalized spacial score (nSPS) is 15.0. The molecule has 0 bridgehead atoms. The van der Waals surface area contributed by atoms with Gasteiger partial charge in [-0.3, -0.25) is 14.5 Å². The molecule has 1 saturated carbocycles. The molecule has 0 radical (unpaired) electrons. The van der Waals surface area contributed by atoms with E-state index in [2.05, 4.69) is 20.0 Å². The van der Waals surface area contributed by atoms with Gasteiger partial charge in [0.1, 0.15) is 0 Å². The van der Waals surface area contributed by atoms with Crippen molar-refractivity contribution in [2.24, 2.45) is 0 Å². The molecule has 200 valence electrons. The molecule has 0 spiro atoms. The molecule has 10 heteroatoms. The molecular weight excluding hydrogens is 512 g/mol. The summed E-state index contributed by atoms with van der Waals surface area (Å²) in [6.07, 6.45) is 8.09. The van der Waals surface area contributed by atoms with E-state index in [9.17, 15) is 4.79 Å². The Morgan fingerprint density at radius 2 is 1.87 bits per heavy atom. The van der Waals surface area contributed by atoms with Gasteiger partial charge in [0.25, 0.3) is 5.91 Å². The third-order valence-corrected chi connectivity index (χ3v) is 7.92. The average Bonchev–Trinajstić information content (AvgIpc) is 3.65. The van der Waals surface area contributed by atoms with Crippen LogP contribution in [-0.4, -0.2) is 59.1 Å². The molecule has 4 aromatic rings. The lowest BCUT2D eigenvalue weighted by molar-refractivity contribution is 0.0793. The SMILES string of the molecule is COc1ncc(-c2ccc3c(Nc4cccc(C(=O)N5CCCC5)c4)c(SNC4CC4)cnc3c2)c(OC)n1. The van der Waals surface area contributed by atoms with Crippen molar-refractivity contribution in [3.63, 3.8) is 0 Å². The molecular formula is C29H30N6O3S. The summed E-state index contributed by atoms with van der Waals surface area (Å²) in [6, 6.07) is 14.6. The lowest BCUT2D eigenvalue weighted by Crippen LogP contribution is -2.27. The van der Waals surface area contributed by atoms with Crippen molar-refractivity contribution in [2.45, 2.75) is 36.6 Å². The van der Waals surface area contributed by atoms with Gasteiger partial charge in [-0.25, -0.2) is 4.98 Å². The Morgan fingerprint density at radius 1 is 1.03 bits per heavy atom. The number of pyridine rings is 1. The lowest BCUT2D eigenvalue weighted by atomic mass is 10.0. The topological polar surface area (TPSA) is 102 Å². The summed E-state index contributed by atoms with van der Waals surface area (Å²) in [7, 11) is 3.10. The van der Waals surface area contributed by atoms with Crippen LogP contribution in [0.1, 0.15) is 36.0 Å². The maximum atomic E-state index is 13.0. The predicted molar refractivity (Wildman–Crippen MR) is 153 cm³/mol. The van der Waals surface area contributed by atoms with Gasteiger partial charge < -0.3 is 19.7 Å². The minimum absolute atomic E-state index is 0.0843. The van der Waals surface area contributed by atoms with Crippen LogP contribution in [0, 0.1) is 0 Å². The van der Waals surface area contributed by atoms with Gasteiger partial charge in [0.2, 0.25) is 5.88 Å². The van der Waals surface area contributed by atoms with Gasteiger partial charge in [-0.2, -0.15) is 4.98 Å². The summed E-state index contributed by atoms with van der Waals surface area (Å²) in [4.78, 5) is 29.3. The van der Waals surface area contributed by atoms with Crippen LogP contribution in [0.15, 0.2) is 59.8 Å². The van der Waals surface area contributed by atoms with Gasteiger partial charge in [0, 0.05) is 48.2 Å². The van der Waals surface area contributed by atoms with Crippen LogP contribution in [0.5, 0.6) is 11.9 Å². The summed E-state index contributed by atoms with van der Waals surface area (Å²) < 4.78 is 14.2. The quantitative estimate of drug-likeness (QED) is 0.267. The van der Waals surface area contributed by atoms with Gasteiger partial charge in [-0.1, -0.05) is 18.2 Å². The molecule has 2 aromatic heterocycles. The number of carbonyl (C=O) groups excluding carboxylic acids is 1. The third kappa shape index (κ3) is 5.48. The highest BCUT2D eigenvalue weighted by molar-refractivity contribution is 7.97. The van der Waals surface area contributed by atoms with E-state index in [0.717, 1.165) is 64.2 Å². The van der Waals surface area contributed by atoms with Gasteiger partial charge >= 0.3 is 6.01 Å². The number of methoxy groups -OCH3 is 2. The van der Waals surface area contributed by atoms with Crippen LogP contribution in [0.25, 0.3) is 22.0 Å². The van der Waals surface area contributed by atoms with Crippen LogP contribution in [0.3, 0.4) is 0 Å². The number of nitrogens with zero attached hydrogens (tertiary/aromatic N) is 4. The number of anilines is 2. The Morgan fingerprint density at radius 3 is 2.64 bits per heavy atom. The monoisotopic (exact) mass is 542 g/mol. The van der Waals surface area contributed by atoms with Crippen LogP contribution in [-0.2, 0) is 0 Å². The van der Waals surface area contributed by atoms with E-state index in [4.69, 9.17) is 14.5 Å². The summed E-state index contributed by atoms with van der Waals surface area (Å²) >= 11 is 1.59. The lowest BCUT2D eigenvalue weighted by Gasteiger charge is -2.18. The molecule has 6 rings (SSSR count). The van der Waals surface area contributed by atoms with Crippen LogP contribution >= 0.6 is 11.9 Å². The van der Waals surface area contributed by atoms with E-state index in [1.807, 2.05) is 53.6 Å². The van der Waals surface area contributed by atoms with Crippen molar-refractivity contribution in [1.29, 1.82) is 0 Å². The highest BCUT2D eigenvalue weighted by atomic mass is 32.2. The summed E-state index contributed by atoms with van der Waals surface area (Å²) in [5, 5.41) is 4.57. The second-order valence-corrected chi connectivity index (χ2v) is 10.6. The summed E-state index contributed by atoms with van der Waals surface area (Å²) in [5.41, 5.74) is 4.93. The highest BCUT2D eigenvalue weighted by Gasteiger charge is 2.23. The first-order valence-corrected chi connectivity index (χ1v) is 13.9. The maximum absolute atomic E-state index is 13.0. The van der Waals surface area contributed by atoms with Crippen molar-refractivity contribution < 1.29 is 14.3 Å². The van der Waals surface area contributed by atoms with Gasteiger partial charge in [0.15, 0.2) is 0 Å². The predicted octanol–water partition coefficient (Wildman–Crippen LogP) is 5.45. The first kappa shape index (κ1) is 25.4. The largest absolute Gasteiger partial charge is 0.480 e. The number of rotatable bonds is 9. The Balaban J connectivity index is 1.37. The fourth-order valence-corrected chi connectivity index (χ4v) is 5.57. The fraction of sp³-hybridized carbons (Fsp3) is 0.310. The van der Waals surface area contributed by atoms with Gasteiger partial charge in [-0.05, 0) is 67.5 Å². The molecule has 1 saturated heterocycles. The molecule has 3 heterocycles. The number of ether oxygens (including phenoxy) is 2. The highest BCUT2D eigenvalue weighted by Crippen LogP contribution is 2.38. The molecule has 9 nitrogen and oxygen atoms in total. The number of nitrogens with one attached hydrogen (secondary N) is 2. The van der Waals surface area contributed by atoms with Gasteiger partial charge in [0.05, 0.1) is 35.9 Å². The van der Waals surface area contributed by atoms with E-state index >= 15 is 0 Å². The minimum Gasteiger partial charge on any atom is -0.480 e. The summed E-state index contributed by atoms with van der Waals surface area (Å²) in [6.45, 7) is 1.65.